The van der Waals surface area contributed by atoms with E-state index in [9.17, 15) is 0 Å². The molecule has 152 valence electrons. The standard InChI is InChI=1S/C25H18BrN3OS/c1-16-22(17-11-13-18(26)14-12-17)23-24(27-15-28-25(23)31-16)29-20-9-5-6-10-21(20)30-19-7-3-2-4-8-19/h2-15H,1H3,(H,27,28,29). The van der Waals surface area contributed by atoms with Crippen molar-refractivity contribution < 1.29 is 4.74 Å². The molecule has 5 rings (SSSR count). The maximum atomic E-state index is 6.12. The highest BCUT2D eigenvalue weighted by molar-refractivity contribution is 9.10. The Balaban J connectivity index is 1.59. The van der Waals surface area contributed by atoms with E-state index in [1.165, 1.54) is 4.88 Å². The number of aromatic nitrogens is 2. The number of thiophene rings is 1. The molecule has 0 radical (unpaired) electrons. The Labute approximate surface area is 192 Å². The Morgan fingerprint density at radius 2 is 1.61 bits per heavy atom. The van der Waals surface area contributed by atoms with Crippen LogP contribution in [-0.4, -0.2) is 9.97 Å². The summed E-state index contributed by atoms with van der Waals surface area (Å²) in [5.41, 5.74) is 3.13. The van der Waals surface area contributed by atoms with Crippen molar-refractivity contribution in [1.82, 2.24) is 9.97 Å². The molecule has 1 N–H and O–H groups in total. The van der Waals surface area contributed by atoms with Crippen molar-refractivity contribution in [2.45, 2.75) is 6.92 Å². The van der Waals surface area contributed by atoms with Crippen LogP contribution < -0.4 is 10.1 Å². The molecule has 0 aliphatic carbocycles. The molecule has 0 spiro atoms. The molecule has 6 heteroatoms. The van der Waals surface area contributed by atoms with E-state index in [1.807, 2.05) is 54.6 Å². The second kappa shape index (κ2) is 8.49. The SMILES string of the molecule is Cc1sc2ncnc(Nc3ccccc3Oc3ccccc3)c2c1-c1ccc(Br)cc1. The highest BCUT2D eigenvalue weighted by Gasteiger charge is 2.18. The summed E-state index contributed by atoms with van der Waals surface area (Å²) < 4.78 is 7.17. The molecule has 0 fully saturated rings. The molecule has 2 heterocycles. The molecule has 0 bridgehead atoms. The molecule has 0 unspecified atom stereocenters. The molecule has 0 amide bonds. The molecular formula is C25H18BrN3OS. The van der Waals surface area contributed by atoms with Crippen LogP contribution in [0.2, 0.25) is 0 Å². The predicted octanol–water partition coefficient (Wildman–Crippen LogP) is 7.97. The molecule has 3 aromatic carbocycles. The minimum atomic E-state index is 0.734. The van der Waals surface area contributed by atoms with Crippen LogP contribution in [-0.2, 0) is 0 Å². The third-order valence-corrected chi connectivity index (χ3v) is 6.45. The zero-order valence-electron chi connectivity index (χ0n) is 16.7. The van der Waals surface area contributed by atoms with Crippen LogP contribution in [0.25, 0.3) is 21.3 Å². The Kier molecular flexibility index (Phi) is 5.40. The number of anilines is 2. The monoisotopic (exact) mass is 487 g/mol. The van der Waals surface area contributed by atoms with E-state index in [0.29, 0.717) is 0 Å². The van der Waals surface area contributed by atoms with Crippen LogP contribution in [0.3, 0.4) is 0 Å². The van der Waals surface area contributed by atoms with E-state index in [1.54, 1.807) is 17.7 Å². The molecule has 31 heavy (non-hydrogen) atoms. The van der Waals surface area contributed by atoms with Crippen LogP contribution in [0.5, 0.6) is 11.5 Å². The van der Waals surface area contributed by atoms with Gasteiger partial charge in [0.2, 0.25) is 0 Å². The van der Waals surface area contributed by atoms with Crippen LogP contribution in [0.15, 0.2) is 89.7 Å². The maximum absolute atomic E-state index is 6.12. The first-order valence-corrected chi connectivity index (χ1v) is 11.4. The largest absolute Gasteiger partial charge is 0.455 e. The smallest absolute Gasteiger partial charge is 0.150 e. The van der Waals surface area contributed by atoms with Gasteiger partial charge in [0.1, 0.15) is 22.7 Å². The summed E-state index contributed by atoms with van der Waals surface area (Å²) in [6, 6.07) is 26.0. The Bertz CT molecular complexity index is 1350. The fourth-order valence-electron chi connectivity index (χ4n) is 3.51. The molecule has 5 aromatic rings. The Hall–Kier alpha value is -3.22. The van der Waals surface area contributed by atoms with E-state index in [4.69, 9.17) is 4.74 Å². The van der Waals surface area contributed by atoms with Gasteiger partial charge in [-0.15, -0.1) is 11.3 Å². The number of nitrogens with zero attached hydrogens (tertiary/aromatic N) is 2. The zero-order valence-corrected chi connectivity index (χ0v) is 19.1. The van der Waals surface area contributed by atoms with Gasteiger partial charge in [0.15, 0.2) is 5.75 Å². The first kappa shape index (κ1) is 19.7. The summed E-state index contributed by atoms with van der Waals surface area (Å²) in [6.45, 7) is 2.12. The molecule has 0 atom stereocenters. The molecular weight excluding hydrogens is 470 g/mol. The molecule has 0 saturated heterocycles. The van der Waals surface area contributed by atoms with Gasteiger partial charge in [-0.05, 0) is 48.9 Å². The fourth-order valence-corrected chi connectivity index (χ4v) is 4.78. The lowest BCUT2D eigenvalue weighted by atomic mass is 10.0. The third-order valence-electron chi connectivity index (χ3n) is 4.91. The summed E-state index contributed by atoms with van der Waals surface area (Å²) in [5.74, 6) is 2.28. The summed E-state index contributed by atoms with van der Waals surface area (Å²) in [7, 11) is 0. The van der Waals surface area contributed by atoms with Gasteiger partial charge in [0.05, 0.1) is 11.1 Å². The number of benzene rings is 3. The third kappa shape index (κ3) is 4.04. The van der Waals surface area contributed by atoms with Gasteiger partial charge in [0.25, 0.3) is 0 Å². The maximum Gasteiger partial charge on any atom is 0.150 e. The summed E-state index contributed by atoms with van der Waals surface area (Å²) in [5, 5.41) is 4.51. The number of hydrogen-bond donors (Lipinski definition) is 1. The van der Waals surface area contributed by atoms with Crippen molar-refractivity contribution in [3.63, 3.8) is 0 Å². The Morgan fingerprint density at radius 1 is 0.871 bits per heavy atom. The first-order valence-electron chi connectivity index (χ1n) is 9.78. The number of hydrogen-bond acceptors (Lipinski definition) is 5. The summed E-state index contributed by atoms with van der Waals surface area (Å²) in [4.78, 5) is 11.3. The summed E-state index contributed by atoms with van der Waals surface area (Å²) in [6.07, 6.45) is 1.60. The lowest BCUT2D eigenvalue weighted by Gasteiger charge is -2.14. The van der Waals surface area contributed by atoms with E-state index >= 15 is 0 Å². The van der Waals surface area contributed by atoms with E-state index in [-0.39, 0.29) is 0 Å². The topological polar surface area (TPSA) is 47.0 Å². The van der Waals surface area contributed by atoms with Crippen molar-refractivity contribution in [2.24, 2.45) is 0 Å². The highest BCUT2D eigenvalue weighted by Crippen LogP contribution is 2.42. The number of nitrogens with one attached hydrogen (secondary N) is 1. The van der Waals surface area contributed by atoms with Crippen LogP contribution in [0, 0.1) is 6.92 Å². The van der Waals surface area contributed by atoms with E-state index < -0.39 is 0 Å². The molecule has 0 aliphatic rings. The zero-order chi connectivity index (χ0) is 21.2. The second-order valence-electron chi connectivity index (χ2n) is 6.98. The molecule has 4 nitrogen and oxygen atoms in total. The van der Waals surface area contributed by atoms with Crippen LogP contribution in [0.1, 0.15) is 4.88 Å². The lowest BCUT2D eigenvalue weighted by Crippen LogP contribution is -1.98. The number of rotatable bonds is 5. The van der Waals surface area contributed by atoms with Crippen molar-refractivity contribution in [3.8, 4) is 22.6 Å². The average molecular weight is 488 g/mol. The van der Waals surface area contributed by atoms with Crippen molar-refractivity contribution in [2.75, 3.05) is 5.32 Å². The van der Waals surface area contributed by atoms with Crippen molar-refractivity contribution >= 4 is 49.0 Å². The number of para-hydroxylation sites is 3. The predicted molar refractivity (Wildman–Crippen MR) is 132 cm³/mol. The number of aryl methyl sites for hydroxylation is 1. The Morgan fingerprint density at radius 3 is 2.42 bits per heavy atom. The van der Waals surface area contributed by atoms with Gasteiger partial charge in [-0.3, -0.25) is 0 Å². The second-order valence-corrected chi connectivity index (χ2v) is 9.10. The molecule has 2 aromatic heterocycles. The number of halogens is 1. The minimum Gasteiger partial charge on any atom is -0.455 e. The minimum absolute atomic E-state index is 0.734. The van der Waals surface area contributed by atoms with Gasteiger partial charge < -0.3 is 10.1 Å². The first-order chi connectivity index (χ1) is 15.2. The lowest BCUT2D eigenvalue weighted by molar-refractivity contribution is 0.485. The highest BCUT2D eigenvalue weighted by atomic mass is 79.9. The number of ether oxygens (including phenoxy) is 1. The van der Waals surface area contributed by atoms with E-state index in [2.05, 4.69) is 62.4 Å². The average Bonchev–Trinajstić information content (AvgIpc) is 3.13. The van der Waals surface area contributed by atoms with Crippen LogP contribution in [0.4, 0.5) is 11.5 Å². The quantitative estimate of drug-likeness (QED) is 0.273. The molecule has 0 aliphatic heterocycles. The van der Waals surface area contributed by atoms with E-state index in [0.717, 1.165) is 48.8 Å². The molecule has 0 saturated carbocycles. The summed E-state index contributed by atoms with van der Waals surface area (Å²) >= 11 is 5.20. The van der Waals surface area contributed by atoms with Gasteiger partial charge in [-0.25, -0.2) is 9.97 Å². The van der Waals surface area contributed by atoms with Crippen molar-refractivity contribution in [1.29, 1.82) is 0 Å². The van der Waals surface area contributed by atoms with Gasteiger partial charge in [-0.1, -0.05) is 58.4 Å². The van der Waals surface area contributed by atoms with Crippen molar-refractivity contribution in [3.05, 3.63) is 94.5 Å². The van der Waals surface area contributed by atoms with Gasteiger partial charge >= 0.3 is 0 Å². The van der Waals surface area contributed by atoms with Gasteiger partial charge in [-0.2, -0.15) is 0 Å². The van der Waals surface area contributed by atoms with Gasteiger partial charge in [0, 0.05) is 14.9 Å². The number of fused-ring (bicyclic) bond motifs is 1. The fraction of sp³-hybridized carbons (Fsp3) is 0.0400. The van der Waals surface area contributed by atoms with Crippen LogP contribution >= 0.6 is 27.3 Å². The normalized spacial score (nSPS) is 10.9.